The van der Waals surface area contributed by atoms with Gasteiger partial charge in [-0.05, 0) is 46.1 Å². The van der Waals surface area contributed by atoms with Gasteiger partial charge in [0, 0.05) is 19.8 Å². The fourth-order valence-electron chi connectivity index (χ4n) is 1.16. The van der Waals surface area contributed by atoms with E-state index < -0.39 is 16.9 Å². The second kappa shape index (κ2) is 10.7. The molecule has 0 heterocycles. The van der Waals surface area contributed by atoms with E-state index in [4.69, 9.17) is 13.3 Å². The molecule has 0 unspecified atom stereocenters. The van der Waals surface area contributed by atoms with Crippen molar-refractivity contribution in [3.05, 3.63) is 24.6 Å². The quantitative estimate of drug-likeness (QED) is 0.636. The number of hydrogen-bond donors (Lipinski definition) is 0. The van der Waals surface area contributed by atoms with Gasteiger partial charge in [0.25, 0.3) is 0 Å². The lowest BCUT2D eigenvalue weighted by atomic mass is 10.9. The van der Waals surface area contributed by atoms with E-state index in [1.165, 1.54) is 0 Å². The average Bonchev–Trinajstić information content (AvgIpc) is 2.30. The van der Waals surface area contributed by atoms with Crippen molar-refractivity contribution in [3.8, 4) is 0 Å². The Hall–Kier alpha value is -0.206. The molecule has 0 bridgehead atoms. The van der Waals surface area contributed by atoms with Crippen LogP contribution in [0.5, 0.6) is 0 Å². The van der Waals surface area contributed by atoms with E-state index in [-0.39, 0.29) is 0 Å². The molecule has 0 saturated heterocycles. The summed E-state index contributed by atoms with van der Waals surface area (Å²) in [6.45, 7) is 21.8. The van der Waals surface area contributed by atoms with Gasteiger partial charge in [0.15, 0.2) is 0 Å². The molecule has 0 N–H and O–H groups in total. The molecule has 18 heavy (non-hydrogen) atoms. The van der Waals surface area contributed by atoms with Crippen LogP contribution in [-0.4, -0.2) is 36.7 Å². The molecule has 3 nitrogen and oxygen atoms in total. The molecule has 0 aliphatic rings. The highest BCUT2D eigenvalue weighted by Gasteiger charge is 2.25. The van der Waals surface area contributed by atoms with E-state index in [1.54, 1.807) is 5.70 Å². The Balaban J connectivity index is 0. The first-order chi connectivity index (χ1) is 8.30. The van der Waals surface area contributed by atoms with Crippen LogP contribution in [0.1, 0.15) is 20.8 Å². The average molecular weight is 291 g/mol. The van der Waals surface area contributed by atoms with Gasteiger partial charge in [-0.2, -0.15) is 0 Å². The standard InChI is InChI=1S/C7H16O2Si.C6H14OSi/c1-5-8-10(4,7-3)9-6-2;1-5-7-8(3,4)6-2/h7H,3,5-6H2,1-2,4H3;6H,2,5H2,1,3-4H3. The molecule has 0 fully saturated rings. The molecule has 0 aliphatic carbocycles. The summed E-state index contributed by atoms with van der Waals surface area (Å²) < 4.78 is 16.2. The fraction of sp³-hybridized carbons (Fsp3) is 0.692. The summed E-state index contributed by atoms with van der Waals surface area (Å²) >= 11 is 0. The second-order valence-corrected chi connectivity index (χ2v) is 11.2. The Morgan fingerprint density at radius 1 is 0.778 bits per heavy atom. The Kier molecular flexibility index (Phi) is 12.0. The Morgan fingerprint density at radius 3 is 1.33 bits per heavy atom. The highest BCUT2D eigenvalue weighted by atomic mass is 28.4. The van der Waals surface area contributed by atoms with Crippen LogP contribution in [0, 0.1) is 0 Å². The first-order valence-corrected chi connectivity index (χ1v) is 11.9. The first kappa shape index (κ1) is 20.1. The zero-order valence-corrected chi connectivity index (χ0v) is 14.9. The third-order valence-electron chi connectivity index (χ3n) is 2.24. The maximum Gasteiger partial charge on any atom is 0.361 e. The van der Waals surface area contributed by atoms with E-state index in [9.17, 15) is 0 Å². The molecular formula is C13H30O3Si2. The van der Waals surface area contributed by atoms with Crippen LogP contribution in [0.2, 0.25) is 19.6 Å². The summed E-state index contributed by atoms with van der Waals surface area (Å²) in [5.74, 6) is 0. The summed E-state index contributed by atoms with van der Waals surface area (Å²) in [6, 6.07) is 0. The predicted octanol–water partition coefficient (Wildman–Crippen LogP) is 3.81. The second-order valence-electron chi connectivity index (χ2n) is 4.33. The van der Waals surface area contributed by atoms with Crippen molar-refractivity contribution in [1.29, 1.82) is 0 Å². The number of hydrogen-bond acceptors (Lipinski definition) is 3. The molecule has 0 aromatic rings. The van der Waals surface area contributed by atoms with Gasteiger partial charge >= 0.3 is 8.56 Å². The maximum absolute atomic E-state index is 5.42. The molecule has 5 heteroatoms. The molecule has 0 spiro atoms. The van der Waals surface area contributed by atoms with Gasteiger partial charge in [-0.15, -0.1) is 13.2 Å². The molecule has 0 rings (SSSR count). The predicted molar refractivity (Wildman–Crippen MR) is 84.4 cm³/mol. The summed E-state index contributed by atoms with van der Waals surface area (Å²) in [7, 11) is -3.37. The van der Waals surface area contributed by atoms with Crippen molar-refractivity contribution in [3.63, 3.8) is 0 Å². The summed E-state index contributed by atoms with van der Waals surface area (Å²) in [5, 5.41) is 0. The van der Waals surface area contributed by atoms with E-state index in [2.05, 4.69) is 26.3 Å². The fourth-order valence-corrected chi connectivity index (χ4v) is 3.49. The Morgan fingerprint density at radius 2 is 1.17 bits per heavy atom. The Labute approximate surface area is 115 Å². The SMILES string of the molecule is C=C[Si](C)(C)OCC.C=C[Si](C)(OCC)OCC. The van der Waals surface area contributed by atoms with Crippen LogP contribution in [-0.2, 0) is 13.3 Å². The van der Waals surface area contributed by atoms with Crippen LogP contribution in [0.4, 0.5) is 0 Å². The highest BCUT2D eigenvalue weighted by molar-refractivity contribution is 6.76. The molecule has 0 amide bonds. The van der Waals surface area contributed by atoms with Gasteiger partial charge in [-0.3, -0.25) is 0 Å². The van der Waals surface area contributed by atoms with Gasteiger partial charge in [-0.1, -0.05) is 5.70 Å². The smallest absolute Gasteiger partial charge is 0.361 e. The van der Waals surface area contributed by atoms with Gasteiger partial charge in [0.1, 0.15) is 0 Å². The zero-order chi connectivity index (χ0) is 14.7. The van der Waals surface area contributed by atoms with Crippen LogP contribution in [0.25, 0.3) is 0 Å². The molecular weight excluding hydrogens is 260 g/mol. The van der Waals surface area contributed by atoms with Crippen LogP contribution in [0.15, 0.2) is 24.6 Å². The summed E-state index contributed by atoms with van der Waals surface area (Å²) in [4.78, 5) is 0. The summed E-state index contributed by atoms with van der Waals surface area (Å²) in [5.41, 5.74) is 3.75. The van der Waals surface area contributed by atoms with Crippen LogP contribution in [0.3, 0.4) is 0 Å². The highest BCUT2D eigenvalue weighted by Crippen LogP contribution is 2.06. The van der Waals surface area contributed by atoms with Gasteiger partial charge in [-0.25, -0.2) is 0 Å². The summed E-state index contributed by atoms with van der Waals surface area (Å²) in [6.07, 6.45) is 0. The third kappa shape index (κ3) is 10.9. The van der Waals surface area contributed by atoms with Crippen molar-refractivity contribution >= 4 is 16.9 Å². The van der Waals surface area contributed by atoms with Gasteiger partial charge in [0.05, 0.1) is 0 Å². The molecule has 0 radical (unpaired) electrons. The van der Waals surface area contributed by atoms with E-state index in [1.807, 2.05) is 33.0 Å². The number of rotatable bonds is 8. The van der Waals surface area contributed by atoms with E-state index in [0.717, 1.165) is 6.61 Å². The van der Waals surface area contributed by atoms with Crippen molar-refractivity contribution in [2.24, 2.45) is 0 Å². The monoisotopic (exact) mass is 290 g/mol. The van der Waals surface area contributed by atoms with Crippen LogP contribution >= 0.6 is 0 Å². The largest absolute Gasteiger partial charge is 0.414 e. The van der Waals surface area contributed by atoms with Crippen LogP contribution < -0.4 is 0 Å². The molecule has 0 aromatic carbocycles. The lowest BCUT2D eigenvalue weighted by Gasteiger charge is -2.21. The van der Waals surface area contributed by atoms with Crippen molar-refractivity contribution < 1.29 is 13.3 Å². The minimum atomic E-state index is -1.96. The zero-order valence-electron chi connectivity index (χ0n) is 12.9. The minimum absolute atomic E-state index is 0.703. The topological polar surface area (TPSA) is 27.7 Å². The molecule has 0 aromatic heterocycles. The minimum Gasteiger partial charge on any atom is -0.414 e. The normalized spacial score (nSPS) is 11.4. The molecule has 0 aliphatic heterocycles. The maximum atomic E-state index is 5.42. The lowest BCUT2D eigenvalue weighted by molar-refractivity contribution is 0.201. The van der Waals surface area contributed by atoms with Gasteiger partial charge < -0.3 is 13.3 Å². The van der Waals surface area contributed by atoms with Crippen molar-refractivity contribution in [1.82, 2.24) is 0 Å². The third-order valence-corrected chi connectivity index (χ3v) is 6.72. The molecule has 0 atom stereocenters. The van der Waals surface area contributed by atoms with E-state index in [0.29, 0.717) is 13.2 Å². The molecule has 108 valence electrons. The van der Waals surface area contributed by atoms with Crippen molar-refractivity contribution in [2.45, 2.75) is 40.4 Å². The Bertz CT molecular complexity index is 224. The molecule has 0 saturated carbocycles. The van der Waals surface area contributed by atoms with E-state index >= 15 is 0 Å². The lowest BCUT2D eigenvalue weighted by Crippen LogP contribution is -2.36. The van der Waals surface area contributed by atoms with Crippen molar-refractivity contribution in [2.75, 3.05) is 19.8 Å². The van der Waals surface area contributed by atoms with Gasteiger partial charge in [0.2, 0.25) is 8.32 Å². The first-order valence-electron chi connectivity index (χ1n) is 6.49.